The Labute approximate surface area is 170 Å². The third-order valence-electron chi connectivity index (χ3n) is 4.16. The van der Waals surface area contributed by atoms with Gasteiger partial charge in [-0.15, -0.1) is 0 Å². The molecule has 2 aromatic rings. The highest BCUT2D eigenvalue weighted by Crippen LogP contribution is 2.22. The maximum atomic E-state index is 12.2. The Balaban J connectivity index is 1.66. The fourth-order valence-electron chi connectivity index (χ4n) is 2.90. The van der Waals surface area contributed by atoms with E-state index in [9.17, 15) is 9.59 Å². The van der Waals surface area contributed by atoms with Gasteiger partial charge in [0.1, 0.15) is 0 Å². The highest BCUT2D eigenvalue weighted by Gasteiger charge is 2.09. The van der Waals surface area contributed by atoms with Crippen LogP contribution in [0.15, 0.2) is 36.4 Å². The Morgan fingerprint density at radius 2 is 1.64 bits per heavy atom. The van der Waals surface area contributed by atoms with Crippen molar-refractivity contribution in [2.24, 2.45) is 0 Å². The molecule has 0 aliphatic carbocycles. The molecule has 6 heteroatoms. The average molecular weight is 396 g/mol. The maximum absolute atomic E-state index is 12.2. The van der Waals surface area contributed by atoms with Gasteiger partial charge in [-0.25, -0.2) is 0 Å². The molecule has 0 aliphatic rings. The fraction of sp³-hybridized carbons (Fsp3) is 0.318. The highest BCUT2D eigenvalue weighted by atomic mass is 32.2. The molecule has 0 fully saturated rings. The number of carbonyl (C=O) groups excluding carboxylic acids is 2. The smallest absolute Gasteiger partial charge is 0.234 e. The van der Waals surface area contributed by atoms with Gasteiger partial charge in [0.25, 0.3) is 0 Å². The van der Waals surface area contributed by atoms with Crippen LogP contribution in [0.4, 0.5) is 11.4 Å². The van der Waals surface area contributed by atoms with Gasteiger partial charge in [0.05, 0.1) is 17.4 Å². The van der Waals surface area contributed by atoms with Gasteiger partial charge < -0.3 is 10.6 Å². The molecule has 146 valence electrons. The first kappa shape index (κ1) is 21.5. The summed E-state index contributed by atoms with van der Waals surface area (Å²) in [7, 11) is 0. The standard InChI is InChI=1S/C22H25N3O2S/c1-15-11-16(2)22(17(3)12-15)25-20(26)5-4-10-28-14-21(27)24-19-8-6-18(13-23)7-9-19/h6-9,11-12H,4-5,10,14H2,1-3H3,(H,24,27)(H,25,26). The lowest BCUT2D eigenvalue weighted by atomic mass is 10.0. The van der Waals surface area contributed by atoms with Crippen LogP contribution in [-0.4, -0.2) is 23.3 Å². The normalized spacial score (nSPS) is 10.2. The molecule has 0 aromatic heterocycles. The number of rotatable bonds is 8. The van der Waals surface area contributed by atoms with Crippen molar-refractivity contribution in [3.63, 3.8) is 0 Å². The van der Waals surface area contributed by atoms with Crippen LogP contribution in [0.1, 0.15) is 35.1 Å². The summed E-state index contributed by atoms with van der Waals surface area (Å²) in [4.78, 5) is 24.1. The van der Waals surface area contributed by atoms with E-state index < -0.39 is 0 Å². The van der Waals surface area contributed by atoms with Crippen LogP contribution in [0.25, 0.3) is 0 Å². The number of amides is 2. The molecule has 0 radical (unpaired) electrons. The van der Waals surface area contributed by atoms with E-state index in [-0.39, 0.29) is 11.8 Å². The molecule has 5 nitrogen and oxygen atoms in total. The molecule has 2 rings (SSSR count). The zero-order valence-corrected chi connectivity index (χ0v) is 17.3. The summed E-state index contributed by atoms with van der Waals surface area (Å²) >= 11 is 1.50. The quantitative estimate of drug-likeness (QED) is 0.641. The van der Waals surface area contributed by atoms with E-state index in [2.05, 4.69) is 22.8 Å². The van der Waals surface area contributed by atoms with Crippen molar-refractivity contribution in [3.8, 4) is 6.07 Å². The van der Waals surface area contributed by atoms with Gasteiger partial charge in [-0.05, 0) is 68.3 Å². The van der Waals surface area contributed by atoms with E-state index in [1.165, 1.54) is 17.3 Å². The van der Waals surface area contributed by atoms with Crippen LogP contribution in [0.2, 0.25) is 0 Å². The van der Waals surface area contributed by atoms with Crippen LogP contribution >= 0.6 is 11.8 Å². The van der Waals surface area contributed by atoms with Crippen LogP contribution in [-0.2, 0) is 9.59 Å². The Morgan fingerprint density at radius 1 is 1.00 bits per heavy atom. The fourth-order valence-corrected chi connectivity index (χ4v) is 3.65. The summed E-state index contributed by atoms with van der Waals surface area (Å²) in [6.07, 6.45) is 1.14. The Morgan fingerprint density at radius 3 is 2.25 bits per heavy atom. The molecule has 0 unspecified atom stereocenters. The number of nitrogens with zero attached hydrogens (tertiary/aromatic N) is 1. The van der Waals surface area contributed by atoms with Gasteiger partial charge >= 0.3 is 0 Å². The second-order valence-corrected chi connectivity index (χ2v) is 7.82. The second kappa shape index (κ2) is 10.5. The monoisotopic (exact) mass is 395 g/mol. The minimum Gasteiger partial charge on any atom is -0.326 e. The van der Waals surface area contributed by atoms with Gasteiger partial charge in [-0.2, -0.15) is 17.0 Å². The van der Waals surface area contributed by atoms with Crippen LogP contribution in [0, 0.1) is 32.1 Å². The molecule has 0 heterocycles. The SMILES string of the molecule is Cc1cc(C)c(NC(=O)CCCSCC(=O)Nc2ccc(C#N)cc2)c(C)c1. The first-order valence-electron chi connectivity index (χ1n) is 9.14. The summed E-state index contributed by atoms with van der Waals surface area (Å²) < 4.78 is 0. The molecule has 0 spiro atoms. The van der Waals surface area contributed by atoms with E-state index in [0.717, 1.165) is 22.6 Å². The third-order valence-corrected chi connectivity index (χ3v) is 5.21. The van der Waals surface area contributed by atoms with Gasteiger partial charge in [0.15, 0.2) is 0 Å². The lowest BCUT2D eigenvalue weighted by molar-refractivity contribution is -0.116. The summed E-state index contributed by atoms with van der Waals surface area (Å²) in [6.45, 7) is 6.04. The second-order valence-electron chi connectivity index (χ2n) is 6.72. The number of nitrogens with one attached hydrogen (secondary N) is 2. The molecular weight excluding hydrogens is 370 g/mol. The summed E-state index contributed by atoms with van der Waals surface area (Å²) in [5.41, 5.74) is 5.45. The van der Waals surface area contributed by atoms with Gasteiger partial charge in [-0.3, -0.25) is 9.59 Å². The number of carbonyl (C=O) groups is 2. The summed E-state index contributed by atoms with van der Waals surface area (Å²) in [5, 5.41) is 14.6. The molecule has 0 bridgehead atoms. The van der Waals surface area contributed by atoms with E-state index in [4.69, 9.17) is 5.26 Å². The minimum atomic E-state index is -0.0925. The predicted molar refractivity (Wildman–Crippen MR) is 116 cm³/mol. The number of hydrogen-bond donors (Lipinski definition) is 2. The first-order valence-corrected chi connectivity index (χ1v) is 10.3. The van der Waals surface area contributed by atoms with E-state index in [1.54, 1.807) is 24.3 Å². The number of hydrogen-bond acceptors (Lipinski definition) is 4. The van der Waals surface area contributed by atoms with E-state index in [1.807, 2.05) is 26.8 Å². The van der Waals surface area contributed by atoms with Crippen molar-refractivity contribution in [1.82, 2.24) is 0 Å². The average Bonchev–Trinajstić information content (AvgIpc) is 2.65. The summed E-state index contributed by atoms with van der Waals surface area (Å²) in [5.74, 6) is 0.973. The first-order chi connectivity index (χ1) is 13.4. The van der Waals surface area contributed by atoms with Crippen LogP contribution in [0.3, 0.4) is 0 Å². The topological polar surface area (TPSA) is 82.0 Å². The number of aryl methyl sites for hydroxylation is 3. The van der Waals surface area contributed by atoms with Crippen molar-refractivity contribution in [2.75, 3.05) is 22.1 Å². The number of anilines is 2. The number of thioether (sulfide) groups is 1. The van der Waals surface area contributed by atoms with Gasteiger partial charge in [0, 0.05) is 17.8 Å². The lowest BCUT2D eigenvalue weighted by Gasteiger charge is -2.12. The van der Waals surface area contributed by atoms with Crippen LogP contribution in [0.5, 0.6) is 0 Å². The molecule has 28 heavy (non-hydrogen) atoms. The van der Waals surface area contributed by atoms with E-state index >= 15 is 0 Å². The molecule has 0 atom stereocenters. The zero-order valence-electron chi connectivity index (χ0n) is 16.5. The van der Waals surface area contributed by atoms with Gasteiger partial charge in [-0.1, -0.05) is 17.7 Å². The molecule has 2 N–H and O–H groups in total. The highest BCUT2D eigenvalue weighted by molar-refractivity contribution is 7.99. The Bertz CT molecular complexity index is 863. The Hall–Kier alpha value is -2.78. The molecular formula is C22H25N3O2S. The molecule has 2 amide bonds. The minimum absolute atomic E-state index is 0.00214. The van der Waals surface area contributed by atoms with Crippen molar-refractivity contribution in [1.29, 1.82) is 5.26 Å². The van der Waals surface area contributed by atoms with Crippen LogP contribution < -0.4 is 10.6 Å². The lowest BCUT2D eigenvalue weighted by Crippen LogP contribution is -2.15. The molecule has 2 aromatic carbocycles. The van der Waals surface area contributed by atoms with E-state index in [0.29, 0.717) is 29.8 Å². The van der Waals surface area contributed by atoms with Crippen molar-refractivity contribution >= 4 is 35.0 Å². The predicted octanol–water partition coefficient (Wildman–Crippen LogP) is 4.57. The molecule has 0 saturated carbocycles. The zero-order chi connectivity index (χ0) is 20.5. The largest absolute Gasteiger partial charge is 0.326 e. The van der Waals surface area contributed by atoms with Gasteiger partial charge in [0.2, 0.25) is 11.8 Å². The summed E-state index contributed by atoms with van der Waals surface area (Å²) in [6, 6.07) is 12.9. The number of benzene rings is 2. The van der Waals surface area contributed by atoms with Crippen molar-refractivity contribution in [2.45, 2.75) is 33.6 Å². The van der Waals surface area contributed by atoms with Crippen molar-refractivity contribution < 1.29 is 9.59 Å². The Kier molecular flexibility index (Phi) is 8.09. The molecule has 0 saturated heterocycles. The maximum Gasteiger partial charge on any atom is 0.234 e. The third kappa shape index (κ3) is 6.75. The number of nitriles is 1. The van der Waals surface area contributed by atoms with Crippen molar-refractivity contribution in [3.05, 3.63) is 58.7 Å². The molecule has 0 aliphatic heterocycles.